The molecule has 6 heteroatoms. The van der Waals surface area contributed by atoms with Gasteiger partial charge in [-0.2, -0.15) is 5.26 Å². The molecule has 2 aliphatic rings. The van der Waals surface area contributed by atoms with Crippen LogP contribution in [0.2, 0.25) is 0 Å². The van der Waals surface area contributed by atoms with Gasteiger partial charge in [0.25, 0.3) is 0 Å². The maximum atomic E-state index is 12.1. The van der Waals surface area contributed by atoms with E-state index >= 15 is 0 Å². The maximum Gasteiger partial charge on any atom is 0.212 e. The first kappa shape index (κ1) is 23.5. The van der Waals surface area contributed by atoms with Crippen LogP contribution in [-0.4, -0.2) is 48.3 Å². The molecule has 1 saturated heterocycles. The quantitative estimate of drug-likeness (QED) is 0.567. The fourth-order valence-electron chi connectivity index (χ4n) is 5.61. The first-order valence-electron chi connectivity index (χ1n) is 12.2. The predicted molar refractivity (Wildman–Crippen MR) is 127 cm³/mol. The first-order valence-corrected chi connectivity index (χ1v) is 12.2. The Kier molecular flexibility index (Phi) is 7.85. The summed E-state index contributed by atoms with van der Waals surface area (Å²) in [5, 5.41) is 21.0. The lowest BCUT2D eigenvalue weighted by Crippen LogP contribution is -2.47. The van der Waals surface area contributed by atoms with Crippen molar-refractivity contribution in [1.29, 1.82) is 5.26 Å². The van der Waals surface area contributed by atoms with Crippen LogP contribution in [0.25, 0.3) is 0 Å². The summed E-state index contributed by atoms with van der Waals surface area (Å²) >= 11 is 0. The highest BCUT2D eigenvalue weighted by Crippen LogP contribution is 2.48. The number of nitrogens with zero attached hydrogens (tertiary/aromatic N) is 3. The van der Waals surface area contributed by atoms with Gasteiger partial charge in [0.2, 0.25) is 5.88 Å². The van der Waals surface area contributed by atoms with Crippen LogP contribution >= 0.6 is 0 Å². The van der Waals surface area contributed by atoms with E-state index < -0.39 is 5.60 Å². The van der Waals surface area contributed by atoms with Crippen LogP contribution in [0, 0.1) is 23.2 Å². The van der Waals surface area contributed by atoms with Crippen LogP contribution in [0.1, 0.15) is 56.1 Å². The average Bonchev–Trinajstić information content (AvgIpc) is 3.43. The van der Waals surface area contributed by atoms with Gasteiger partial charge in [-0.1, -0.05) is 12.8 Å². The summed E-state index contributed by atoms with van der Waals surface area (Å²) in [5.74, 6) is 1.96. The molecule has 176 valence electrons. The van der Waals surface area contributed by atoms with Gasteiger partial charge in [-0.15, -0.1) is 0 Å². The smallest absolute Gasteiger partial charge is 0.212 e. The molecule has 1 aliphatic heterocycles. The monoisotopic (exact) mass is 449 g/mol. The Balaban J connectivity index is 1.30. The van der Waals surface area contributed by atoms with Gasteiger partial charge in [-0.25, -0.2) is 4.98 Å². The first-order chi connectivity index (χ1) is 16.1. The summed E-state index contributed by atoms with van der Waals surface area (Å²) < 4.78 is 11.1. The van der Waals surface area contributed by atoms with Crippen molar-refractivity contribution >= 4 is 0 Å². The Labute approximate surface area is 197 Å². The van der Waals surface area contributed by atoms with Crippen LogP contribution in [0.15, 0.2) is 42.6 Å². The number of hydrogen-bond donors (Lipinski definition) is 1. The van der Waals surface area contributed by atoms with Gasteiger partial charge in [-0.05, 0) is 87.4 Å². The number of methoxy groups -OCH3 is 1. The molecule has 0 amide bonds. The summed E-state index contributed by atoms with van der Waals surface area (Å²) in [6, 6.07) is 13.3. The number of aromatic nitrogens is 1. The molecule has 2 aromatic rings. The highest BCUT2D eigenvalue weighted by Gasteiger charge is 2.47. The fourth-order valence-corrected chi connectivity index (χ4v) is 5.61. The molecule has 0 spiro atoms. The molecule has 0 bridgehead atoms. The molecule has 6 nitrogen and oxygen atoms in total. The molecule has 1 unspecified atom stereocenters. The minimum Gasteiger partial charge on any atom is -0.494 e. The van der Waals surface area contributed by atoms with Crippen molar-refractivity contribution in [2.24, 2.45) is 11.8 Å². The second-order valence-electron chi connectivity index (χ2n) is 9.35. The standard InChI is InChI=1S/C27H35N3O3/c1-32-26-12-9-24(20-29-26)27(31,22-5-2-3-6-22)23-13-16-30(17-14-23)15-4-18-33-25-10-7-21(19-28)8-11-25/h7-12,20,22-23,31H,2-6,13-18H2,1H3. The summed E-state index contributed by atoms with van der Waals surface area (Å²) in [6.07, 6.45) is 9.36. The molecule has 2 fully saturated rings. The fraction of sp³-hybridized carbons (Fsp3) is 0.556. The Morgan fingerprint density at radius 2 is 1.76 bits per heavy atom. The van der Waals surface area contributed by atoms with Gasteiger partial charge in [0.1, 0.15) is 5.75 Å². The van der Waals surface area contributed by atoms with Crippen LogP contribution in [0.5, 0.6) is 11.6 Å². The second kappa shape index (κ2) is 11.0. The number of piperidine rings is 1. The molecule has 4 rings (SSSR count). The topological polar surface area (TPSA) is 78.6 Å². The largest absolute Gasteiger partial charge is 0.494 e. The third-order valence-electron chi connectivity index (χ3n) is 7.47. The zero-order valence-corrected chi connectivity index (χ0v) is 19.6. The van der Waals surface area contributed by atoms with E-state index in [2.05, 4.69) is 16.0 Å². The number of rotatable bonds is 9. The van der Waals surface area contributed by atoms with E-state index in [0.717, 1.165) is 63.1 Å². The van der Waals surface area contributed by atoms with E-state index in [1.54, 1.807) is 19.2 Å². The Hall–Kier alpha value is -2.62. The van der Waals surface area contributed by atoms with Gasteiger partial charge in [0.15, 0.2) is 0 Å². The molecule has 1 saturated carbocycles. The second-order valence-corrected chi connectivity index (χ2v) is 9.35. The van der Waals surface area contributed by atoms with Crippen molar-refractivity contribution in [3.63, 3.8) is 0 Å². The Bertz CT molecular complexity index is 911. The zero-order valence-electron chi connectivity index (χ0n) is 19.6. The van der Waals surface area contributed by atoms with Crippen molar-refractivity contribution < 1.29 is 14.6 Å². The summed E-state index contributed by atoms with van der Waals surface area (Å²) in [7, 11) is 1.62. The lowest BCUT2D eigenvalue weighted by atomic mass is 9.68. The van der Waals surface area contributed by atoms with Gasteiger partial charge >= 0.3 is 0 Å². The van der Waals surface area contributed by atoms with Gasteiger partial charge in [-0.3, -0.25) is 0 Å². The van der Waals surface area contributed by atoms with E-state index in [1.165, 1.54) is 12.8 Å². The molecular weight excluding hydrogens is 414 g/mol. The zero-order chi connectivity index (χ0) is 23.1. The number of aliphatic hydroxyl groups is 1. The molecule has 33 heavy (non-hydrogen) atoms. The van der Waals surface area contributed by atoms with Crippen LogP contribution in [-0.2, 0) is 5.60 Å². The number of pyridine rings is 1. The molecule has 1 aliphatic carbocycles. The average molecular weight is 450 g/mol. The molecule has 2 heterocycles. The molecule has 1 aromatic carbocycles. The van der Waals surface area contributed by atoms with Crippen LogP contribution < -0.4 is 9.47 Å². The molecule has 1 atom stereocenters. The maximum absolute atomic E-state index is 12.1. The number of nitriles is 1. The highest BCUT2D eigenvalue weighted by atomic mass is 16.5. The minimum absolute atomic E-state index is 0.252. The molecule has 1 aromatic heterocycles. The van der Waals surface area contributed by atoms with Crippen LogP contribution in [0.3, 0.4) is 0 Å². The van der Waals surface area contributed by atoms with E-state index in [1.807, 2.05) is 30.5 Å². The van der Waals surface area contributed by atoms with Crippen molar-refractivity contribution in [2.75, 3.05) is 33.4 Å². The highest BCUT2D eigenvalue weighted by molar-refractivity contribution is 5.34. The van der Waals surface area contributed by atoms with Crippen molar-refractivity contribution in [2.45, 2.75) is 50.5 Å². The number of ether oxygens (including phenoxy) is 2. The molecule has 1 N–H and O–H groups in total. The minimum atomic E-state index is -0.805. The SMILES string of the molecule is COc1ccc(C(O)(C2CCCC2)C2CCN(CCCOc3ccc(C#N)cc3)CC2)cn1. The predicted octanol–water partition coefficient (Wildman–Crippen LogP) is 4.52. The van der Waals surface area contributed by atoms with E-state index in [9.17, 15) is 5.11 Å². The third kappa shape index (κ3) is 5.48. The van der Waals surface area contributed by atoms with Crippen molar-refractivity contribution in [3.05, 3.63) is 53.7 Å². The van der Waals surface area contributed by atoms with Crippen molar-refractivity contribution in [3.8, 4) is 17.7 Å². The van der Waals surface area contributed by atoms with E-state index in [4.69, 9.17) is 14.7 Å². The molecule has 0 radical (unpaired) electrons. The number of benzene rings is 1. The summed E-state index contributed by atoms with van der Waals surface area (Å²) in [6.45, 7) is 3.66. The van der Waals surface area contributed by atoms with Crippen LogP contribution in [0.4, 0.5) is 0 Å². The number of hydrogen-bond acceptors (Lipinski definition) is 6. The Morgan fingerprint density at radius 1 is 1.06 bits per heavy atom. The summed E-state index contributed by atoms with van der Waals surface area (Å²) in [4.78, 5) is 6.89. The van der Waals surface area contributed by atoms with Crippen molar-refractivity contribution in [1.82, 2.24) is 9.88 Å². The third-order valence-corrected chi connectivity index (χ3v) is 7.47. The van der Waals surface area contributed by atoms with E-state index in [-0.39, 0.29) is 5.92 Å². The molecular formula is C27H35N3O3. The Morgan fingerprint density at radius 3 is 2.36 bits per heavy atom. The number of likely N-dealkylation sites (tertiary alicyclic amines) is 1. The van der Waals surface area contributed by atoms with Gasteiger partial charge < -0.3 is 19.5 Å². The lowest BCUT2D eigenvalue weighted by molar-refractivity contribution is -0.0936. The lowest BCUT2D eigenvalue weighted by Gasteiger charge is -2.45. The summed E-state index contributed by atoms with van der Waals surface area (Å²) in [5.41, 5.74) is 0.790. The van der Waals surface area contributed by atoms with E-state index in [0.29, 0.717) is 24.0 Å². The normalized spacial score (nSPS) is 19.7. The van der Waals surface area contributed by atoms with Gasteiger partial charge in [0, 0.05) is 24.4 Å². The van der Waals surface area contributed by atoms with Gasteiger partial charge in [0.05, 0.1) is 31.0 Å².